The van der Waals surface area contributed by atoms with E-state index in [0.29, 0.717) is 0 Å². The van der Waals surface area contributed by atoms with Crippen LogP contribution in [0.3, 0.4) is 0 Å². The van der Waals surface area contributed by atoms with E-state index < -0.39 is 0 Å². The Balaban J connectivity index is 2.03. The van der Waals surface area contributed by atoms with Crippen LogP contribution in [0.4, 0.5) is 0 Å². The minimum absolute atomic E-state index is 0.121. The molecule has 0 spiro atoms. The van der Waals surface area contributed by atoms with Gasteiger partial charge in [-0.3, -0.25) is 9.78 Å². The number of thiazole rings is 1. The number of aromatic nitrogens is 1. The van der Waals surface area contributed by atoms with Crippen LogP contribution in [0.25, 0.3) is 0 Å². The van der Waals surface area contributed by atoms with Crippen LogP contribution in [0, 0.1) is 0 Å². The number of hydrogen-bond donors (Lipinski definition) is 1. The lowest BCUT2D eigenvalue weighted by atomic mass is 10.3. The van der Waals surface area contributed by atoms with Crippen LogP contribution in [0.15, 0.2) is 11.7 Å². The molecule has 4 nitrogen and oxygen atoms in total. The summed E-state index contributed by atoms with van der Waals surface area (Å²) < 4.78 is 0. The van der Waals surface area contributed by atoms with E-state index in [9.17, 15) is 4.79 Å². The molecule has 1 fully saturated rings. The van der Waals surface area contributed by atoms with Crippen LogP contribution in [0.1, 0.15) is 16.1 Å². The molecule has 1 aliphatic heterocycles. The van der Waals surface area contributed by atoms with Crippen LogP contribution in [0.2, 0.25) is 0 Å². The minimum Gasteiger partial charge on any atom is -0.337 e. The number of carbonyl (C=O) groups excluding carboxylic acids is 1. The summed E-state index contributed by atoms with van der Waals surface area (Å²) in [7, 11) is 0. The van der Waals surface area contributed by atoms with Gasteiger partial charge in [-0.2, -0.15) is 0 Å². The highest BCUT2D eigenvalue weighted by Gasteiger charge is 2.17. The zero-order chi connectivity index (χ0) is 9.80. The van der Waals surface area contributed by atoms with Crippen molar-refractivity contribution in [3.8, 4) is 0 Å². The molecule has 1 aromatic rings. The summed E-state index contributed by atoms with van der Waals surface area (Å²) in [5.74, 6) is 0.121. The maximum absolute atomic E-state index is 11.9. The second-order valence-electron chi connectivity index (χ2n) is 3.26. The minimum atomic E-state index is 0.121. The first-order valence-corrected chi connectivity index (χ1v) is 5.64. The van der Waals surface area contributed by atoms with Crippen molar-refractivity contribution in [1.29, 1.82) is 0 Å². The van der Waals surface area contributed by atoms with Crippen LogP contribution in [-0.4, -0.2) is 42.0 Å². The number of nitrogens with one attached hydrogen (secondary N) is 1. The number of hydrogen-bond acceptors (Lipinski definition) is 4. The molecule has 0 aliphatic carbocycles. The standard InChI is InChI=1S/C9H13N3OS/c13-9(8-6-11-7-14-8)12-4-1-2-10-3-5-12/h6-7,10H,1-5H2. The summed E-state index contributed by atoms with van der Waals surface area (Å²) in [5, 5.41) is 3.27. The molecule has 1 N–H and O–H groups in total. The van der Waals surface area contributed by atoms with Crippen molar-refractivity contribution in [2.24, 2.45) is 0 Å². The molecule has 2 heterocycles. The lowest BCUT2D eigenvalue weighted by molar-refractivity contribution is 0.0771. The molecule has 14 heavy (non-hydrogen) atoms. The smallest absolute Gasteiger partial charge is 0.265 e. The molecule has 1 amide bonds. The van der Waals surface area contributed by atoms with Gasteiger partial charge in [0.25, 0.3) is 5.91 Å². The number of nitrogens with zero attached hydrogens (tertiary/aromatic N) is 2. The van der Waals surface area contributed by atoms with E-state index in [1.165, 1.54) is 11.3 Å². The van der Waals surface area contributed by atoms with E-state index in [1.807, 2.05) is 4.90 Å². The zero-order valence-corrected chi connectivity index (χ0v) is 8.72. The van der Waals surface area contributed by atoms with Crippen LogP contribution in [0.5, 0.6) is 0 Å². The second kappa shape index (κ2) is 4.52. The fourth-order valence-corrected chi connectivity index (χ4v) is 2.11. The van der Waals surface area contributed by atoms with Gasteiger partial charge in [0.15, 0.2) is 0 Å². The monoisotopic (exact) mass is 211 g/mol. The van der Waals surface area contributed by atoms with Gasteiger partial charge in [-0.1, -0.05) is 0 Å². The van der Waals surface area contributed by atoms with Crippen molar-refractivity contribution >= 4 is 17.2 Å². The van der Waals surface area contributed by atoms with E-state index in [4.69, 9.17) is 0 Å². The van der Waals surface area contributed by atoms with Gasteiger partial charge in [0.2, 0.25) is 0 Å². The lowest BCUT2D eigenvalue weighted by Gasteiger charge is -2.18. The fraction of sp³-hybridized carbons (Fsp3) is 0.556. The molecule has 2 rings (SSSR count). The third-order valence-corrected chi connectivity index (χ3v) is 3.03. The molecule has 0 atom stereocenters. The normalized spacial score (nSPS) is 17.9. The van der Waals surface area contributed by atoms with E-state index in [2.05, 4.69) is 10.3 Å². The highest BCUT2D eigenvalue weighted by molar-refractivity contribution is 7.11. The highest BCUT2D eigenvalue weighted by Crippen LogP contribution is 2.10. The predicted octanol–water partition coefficient (Wildman–Crippen LogP) is 0.579. The van der Waals surface area contributed by atoms with Gasteiger partial charge in [-0.25, -0.2) is 0 Å². The quantitative estimate of drug-likeness (QED) is 0.739. The Kier molecular flexibility index (Phi) is 3.10. The molecule has 1 aliphatic rings. The van der Waals surface area contributed by atoms with Gasteiger partial charge >= 0.3 is 0 Å². The molecular formula is C9H13N3OS. The Hall–Kier alpha value is -0.940. The van der Waals surface area contributed by atoms with E-state index >= 15 is 0 Å². The van der Waals surface area contributed by atoms with Gasteiger partial charge in [0, 0.05) is 19.6 Å². The van der Waals surface area contributed by atoms with Crippen LogP contribution >= 0.6 is 11.3 Å². The maximum Gasteiger partial charge on any atom is 0.265 e. The third kappa shape index (κ3) is 2.10. The maximum atomic E-state index is 11.9. The van der Waals surface area contributed by atoms with Crippen LogP contribution in [-0.2, 0) is 0 Å². The Morgan fingerprint density at radius 2 is 2.43 bits per heavy atom. The van der Waals surface area contributed by atoms with Crippen molar-refractivity contribution in [2.75, 3.05) is 26.2 Å². The number of rotatable bonds is 1. The SMILES string of the molecule is O=C(c1cncs1)N1CCCNCC1. The molecule has 0 aromatic carbocycles. The number of amides is 1. The average molecular weight is 211 g/mol. The van der Waals surface area contributed by atoms with Crippen molar-refractivity contribution in [2.45, 2.75) is 6.42 Å². The van der Waals surface area contributed by atoms with Gasteiger partial charge in [-0.15, -0.1) is 11.3 Å². The van der Waals surface area contributed by atoms with E-state index in [-0.39, 0.29) is 5.91 Å². The summed E-state index contributed by atoms with van der Waals surface area (Å²) in [6.45, 7) is 3.55. The molecule has 0 saturated carbocycles. The average Bonchev–Trinajstić information content (AvgIpc) is 2.59. The summed E-state index contributed by atoms with van der Waals surface area (Å²) in [5.41, 5.74) is 1.70. The zero-order valence-electron chi connectivity index (χ0n) is 7.90. The fourth-order valence-electron chi connectivity index (χ4n) is 1.53. The molecule has 1 aromatic heterocycles. The topological polar surface area (TPSA) is 45.2 Å². The van der Waals surface area contributed by atoms with Crippen molar-refractivity contribution in [3.63, 3.8) is 0 Å². The van der Waals surface area contributed by atoms with Gasteiger partial charge in [-0.05, 0) is 13.0 Å². The Morgan fingerprint density at radius 1 is 1.50 bits per heavy atom. The summed E-state index contributed by atoms with van der Waals surface area (Å²) in [4.78, 5) is 18.4. The van der Waals surface area contributed by atoms with E-state index in [1.54, 1.807) is 11.7 Å². The van der Waals surface area contributed by atoms with Gasteiger partial charge in [0.1, 0.15) is 4.88 Å². The van der Waals surface area contributed by atoms with Crippen molar-refractivity contribution < 1.29 is 4.79 Å². The van der Waals surface area contributed by atoms with Gasteiger partial charge in [0.05, 0.1) is 11.7 Å². The molecule has 1 saturated heterocycles. The number of carbonyl (C=O) groups is 1. The predicted molar refractivity (Wildman–Crippen MR) is 55.5 cm³/mol. The molecular weight excluding hydrogens is 198 g/mol. The molecule has 0 bridgehead atoms. The second-order valence-corrected chi connectivity index (χ2v) is 4.15. The highest BCUT2D eigenvalue weighted by atomic mass is 32.1. The summed E-state index contributed by atoms with van der Waals surface area (Å²) in [6.07, 6.45) is 2.68. The van der Waals surface area contributed by atoms with Crippen molar-refractivity contribution in [1.82, 2.24) is 15.2 Å². The Morgan fingerprint density at radius 3 is 3.21 bits per heavy atom. The lowest BCUT2D eigenvalue weighted by Crippen LogP contribution is -2.33. The van der Waals surface area contributed by atoms with E-state index in [0.717, 1.165) is 37.5 Å². The Labute approximate surface area is 86.9 Å². The molecule has 5 heteroatoms. The van der Waals surface area contributed by atoms with Crippen LogP contribution < -0.4 is 5.32 Å². The summed E-state index contributed by atoms with van der Waals surface area (Å²) in [6, 6.07) is 0. The summed E-state index contributed by atoms with van der Waals surface area (Å²) >= 11 is 1.41. The van der Waals surface area contributed by atoms with Crippen molar-refractivity contribution in [3.05, 3.63) is 16.6 Å². The molecule has 0 radical (unpaired) electrons. The third-order valence-electron chi connectivity index (χ3n) is 2.27. The van der Waals surface area contributed by atoms with Gasteiger partial charge < -0.3 is 10.2 Å². The first kappa shape index (κ1) is 9.61. The Bertz CT molecular complexity index is 291. The first-order chi connectivity index (χ1) is 6.88. The molecule has 0 unspecified atom stereocenters. The first-order valence-electron chi connectivity index (χ1n) is 4.76. The largest absolute Gasteiger partial charge is 0.337 e. The molecule has 76 valence electrons.